The van der Waals surface area contributed by atoms with Crippen LogP contribution in [0.2, 0.25) is 0 Å². The van der Waals surface area contributed by atoms with Crippen LogP contribution in [0, 0.1) is 0 Å². The largest absolute Gasteiger partial charge is 0.494 e. The van der Waals surface area contributed by atoms with Crippen molar-refractivity contribution in [1.29, 1.82) is 0 Å². The van der Waals surface area contributed by atoms with Crippen molar-refractivity contribution in [3.63, 3.8) is 0 Å². The van der Waals surface area contributed by atoms with Gasteiger partial charge in [0.05, 0.1) is 36.2 Å². The molecule has 142 valence electrons. The fourth-order valence-electron chi connectivity index (χ4n) is 3.28. The van der Waals surface area contributed by atoms with Crippen molar-refractivity contribution in [2.45, 2.75) is 13.5 Å². The molecule has 0 unspecified atom stereocenters. The lowest BCUT2D eigenvalue weighted by atomic mass is 10.1. The molecule has 7 heteroatoms. The zero-order valence-electron chi connectivity index (χ0n) is 15.5. The van der Waals surface area contributed by atoms with E-state index in [1.54, 1.807) is 17.7 Å². The second kappa shape index (κ2) is 7.44. The predicted molar refractivity (Wildman–Crippen MR) is 109 cm³/mol. The van der Waals surface area contributed by atoms with E-state index in [9.17, 15) is 9.59 Å². The van der Waals surface area contributed by atoms with E-state index in [-0.39, 0.29) is 17.9 Å². The second-order valence-corrected chi connectivity index (χ2v) is 7.14. The summed E-state index contributed by atoms with van der Waals surface area (Å²) in [5.74, 6) is -0.218. The topological polar surface area (TPSA) is 70.4 Å². The molecule has 4 aromatic rings. The Kier molecular flexibility index (Phi) is 4.83. The highest BCUT2D eigenvalue weighted by molar-refractivity contribution is 7.22. The Morgan fingerprint density at radius 3 is 2.68 bits per heavy atom. The summed E-state index contributed by atoms with van der Waals surface area (Å²) in [7, 11) is 1.46. The summed E-state index contributed by atoms with van der Waals surface area (Å²) < 4.78 is 13.0. The van der Waals surface area contributed by atoms with Crippen LogP contribution in [0.5, 0.6) is 5.75 Å². The maximum absolute atomic E-state index is 13.4. The Hall–Kier alpha value is -3.19. The molecule has 0 spiro atoms. The van der Waals surface area contributed by atoms with Gasteiger partial charge in [-0.1, -0.05) is 24.3 Å². The summed E-state index contributed by atoms with van der Waals surface area (Å²) in [5, 5.41) is 1.28. The minimum absolute atomic E-state index is 0.219. The van der Waals surface area contributed by atoms with E-state index >= 15 is 0 Å². The average molecular weight is 394 g/mol. The number of esters is 1. The number of rotatable bonds is 5. The number of pyridine rings is 2. The quantitative estimate of drug-likeness (QED) is 0.481. The fraction of sp³-hybridized carbons (Fsp3) is 0.190. The number of carbonyl (C=O) groups excluding carboxylic acids is 1. The van der Waals surface area contributed by atoms with Gasteiger partial charge in [0, 0.05) is 11.6 Å². The number of nitrogens with zero attached hydrogens (tertiary/aromatic N) is 2. The monoisotopic (exact) mass is 394 g/mol. The molecule has 3 aromatic heterocycles. The van der Waals surface area contributed by atoms with E-state index < -0.39 is 5.97 Å². The van der Waals surface area contributed by atoms with Crippen LogP contribution in [-0.4, -0.2) is 29.2 Å². The number of fused-ring (bicyclic) bond motifs is 3. The lowest BCUT2D eigenvalue weighted by Gasteiger charge is -2.11. The van der Waals surface area contributed by atoms with Crippen LogP contribution in [0.1, 0.15) is 22.3 Å². The third-order valence-electron chi connectivity index (χ3n) is 4.47. The van der Waals surface area contributed by atoms with Gasteiger partial charge in [0.2, 0.25) is 0 Å². The first kappa shape index (κ1) is 18.2. The van der Waals surface area contributed by atoms with Crippen molar-refractivity contribution in [3.8, 4) is 5.75 Å². The first-order chi connectivity index (χ1) is 13.7. The van der Waals surface area contributed by atoms with E-state index in [4.69, 9.17) is 9.47 Å². The SMILES string of the molecule is CCOC(=O)c1sc2c(c1OC)c(=O)n(Cc1ccccn1)c1ccccc21. The summed E-state index contributed by atoms with van der Waals surface area (Å²) in [6, 6.07) is 13.2. The van der Waals surface area contributed by atoms with Crippen molar-refractivity contribution in [2.75, 3.05) is 13.7 Å². The minimum Gasteiger partial charge on any atom is -0.494 e. The highest BCUT2D eigenvalue weighted by Crippen LogP contribution is 2.39. The van der Waals surface area contributed by atoms with Gasteiger partial charge < -0.3 is 14.0 Å². The molecule has 0 bridgehead atoms. The molecule has 0 aliphatic rings. The van der Waals surface area contributed by atoms with Crippen LogP contribution in [0.25, 0.3) is 21.0 Å². The van der Waals surface area contributed by atoms with E-state index in [0.717, 1.165) is 21.3 Å². The molecule has 0 N–H and O–H groups in total. The highest BCUT2D eigenvalue weighted by atomic mass is 32.1. The number of aromatic nitrogens is 2. The van der Waals surface area contributed by atoms with Gasteiger partial charge in [-0.2, -0.15) is 0 Å². The zero-order valence-corrected chi connectivity index (χ0v) is 16.3. The van der Waals surface area contributed by atoms with E-state index in [1.807, 2.05) is 42.5 Å². The molecule has 0 atom stereocenters. The molecule has 1 aromatic carbocycles. The number of ether oxygens (including phenoxy) is 2. The second-order valence-electron chi connectivity index (χ2n) is 6.12. The van der Waals surface area contributed by atoms with Crippen LogP contribution in [0.15, 0.2) is 53.5 Å². The summed E-state index contributed by atoms with van der Waals surface area (Å²) in [6.45, 7) is 2.32. The van der Waals surface area contributed by atoms with Crippen molar-refractivity contribution in [2.24, 2.45) is 0 Å². The number of hydrogen-bond acceptors (Lipinski definition) is 6. The van der Waals surface area contributed by atoms with Gasteiger partial charge in [-0.25, -0.2) is 4.79 Å². The molecule has 4 rings (SSSR count). The summed E-state index contributed by atoms with van der Waals surface area (Å²) >= 11 is 1.23. The third kappa shape index (κ3) is 2.93. The summed E-state index contributed by atoms with van der Waals surface area (Å²) in [5.41, 5.74) is 1.34. The number of para-hydroxylation sites is 1. The number of carbonyl (C=O) groups is 1. The van der Waals surface area contributed by atoms with Gasteiger partial charge in [-0.05, 0) is 25.1 Å². The first-order valence-corrected chi connectivity index (χ1v) is 9.66. The smallest absolute Gasteiger partial charge is 0.352 e. The Morgan fingerprint density at radius 1 is 1.18 bits per heavy atom. The van der Waals surface area contributed by atoms with Gasteiger partial charge >= 0.3 is 5.97 Å². The predicted octanol–water partition coefficient (Wildman–Crippen LogP) is 3.84. The molecule has 0 aliphatic carbocycles. The van der Waals surface area contributed by atoms with Gasteiger partial charge in [0.1, 0.15) is 5.39 Å². The molecular weight excluding hydrogens is 376 g/mol. The Bertz CT molecular complexity index is 1230. The number of hydrogen-bond donors (Lipinski definition) is 0. The number of thiophene rings is 1. The van der Waals surface area contributed by atoms with Gasteiger partial charge in [-0.15, -0.1) is 11.3 Å². The van der Waals surface area contributed by atoms with E-state index in [2.05, 4.69) is 4.98 Å². The lowest BCUT2D eigenvalue weighted by molar-refractivity contribution is 0.0529. The maximum atomic E-state index is 13.4. The Morgan fingerprint density at radius 2 is 1.96 bits per heavy atom. The Labute approximate surface area is 165 Å². The van der Waals surface area contributed by atoms with Crippen molar-refractivity contribution >= 4 is 38.3 Å². The van der Waals surface area contributed by atoms with E-state index in [0.29, 0.717) is 16.8 Å². The summed E-state index contributed by atoms with van der Waals surface area (Å²) in [6.07, 6.45) is 1.70. The van der Waals surface area contributed by atoms with Gasteiger partial charge in [0.15, 0.2) is 10.6 Å². The first-order valence-electron chi connectivity index (χ1n) is 8.84. The lowest BCUT2D eigenvalue weighted by Crippen LogP contribution is -2.22. The van der Waals surface area contributed by atoms with Crippen molar-refractivity contribution < 1.29 is 14.3 Å². The molecule has 0 fully saturated rings. The van der Waals surface area contributed by atoms with Crippen molar-refractivity contribution in [3.05, 3.63) is 69.6 Å². The number of benzene rings is 1. The third-order valence-corrected chi connectivity index (χ3v) is 5.66. The normalized spacial score (nSPS) is 11.1. The molecule has 0 aliphatic heterocycles. The van der Waals surface area contributed by atoms with Crippen LogP contribution >= 0.6 is 11.3 Å². The fourth-order valence-corrected chi connectivity index (χ4v) is 4.47. The molecule has 0 saturated carbocycles. The van der Waals surface area contributed by atoms with E-state index in [1.165, 1.54) is 18.4 Å². The minimum atomic E-state index is -0.486. The van der Waals surface area contributed by atoms with Crippen molar-refractivity contribution in [1.82, 2.24) is 9.55 Å². The molecule has 0 saturated heterocycles. The molecule has 0 radical (unpaired) electrons. The summed E-state index contributed by atoms with van der Waals surface area (Å²) in [4.78, 5) is 30.5. The van der Waals surface area contributed by atoms with Gasteiger partial charge in [-0.3, -0.25) is 9.78 Å². The van der Waals surface area contributed by atoms with Crippen LogP contribution < -0.4 is 10.3 Å². The maximum Gasteiger partial charge on any atom is 0.352 e. The Balaban J connectivity index is 2.06. The van der Waals surface area contributed by atoms with Gasteiger partial charge in [0.25, 0.3) is 5.56 Å². The molecular formula is C21H18N2O4S. The molecule has 0 amide bonds. The van der Waals surface area contributed by atoms with Crippen LogP contribution in [-0.2, 0) is 11.3 Å². The van der Waals surface area contributed by atoms with Crippen LogP contribution in [0.4, 0.5) is 0 Å². The molecule has 6 nitrogen and oxygen atoms in total. The molecule has 28 heavy (non-hydrogen) atoms. The highest BCUT2D eigenvalue weighted by Gasteiger charge is 2.25. The zero-order chi connectivity index (χ0) is 19.7. The average Bonchev–Trinajstić information content (AvgIpc) is 3.12. The molecule has 3 heterocycles. The van der Waals surface area contributed by atoms with Crippen LogP contribution in [0.3, 0.4) is 0 Å². The standard InChI is InChI=1S/C21H18N2O4S/c1-3-27-21(25)19-17(26-2)16-18(28-19)14-9-4-5-10-15(14)23(20(16)24)12-13-8-6-7-11-22-13/h4-11H,3,12H2,1-2H3. The number of methoxy groups -OCH3 is 1.